The van der Waals surface area contributed by atoms with Crippen LogP contribution < -0.4 is 0 Å². The quantitative estimate of drug-likeness (QED) is 0.567. The molecule has 2 aromatic carbocycles. The van der Waals surface area contributed by atoms with Gasteiger partial charge in [-0.1, -0.05) is 48.5 Å². The maximum Gasteiger partial charge on any atom is 0.0910 e. The highest BCUT2D eigenvalue weighted by Gasteiger charge is 2.16. The normalized spacial score (nSPS) is 13.3. The van der Waals surface area contributed by atoms with Crippen LogP contribution in [-0.2, 0) is 0 Å². The van der Waals surface area contributed by atoms with Gasteiger partial charge in [0.2, 0.25) is 0 Å². The fourth-order valence-corrected chi connectivity index (χ4v) is 3.66. The minimum atomic E-state index is 0.302. The van der Waals surface area contributed by atoms with Crippen molar-refractivity contribution in [1.82, 2.24) is 0 Å². The molecule has 0 aliphatic rings. The molecule has 0 spiro atoms. The number of benzene rings is 2. The van der Waals surface area contributed by atoms with Crippen molar-refractivity contribution in [3.05, 3.63) is 66.2 Å². The standard InChI is InChI=1S/C16H17NS2/c1-18-15(13-9-5-3-6-10-13)16(19-2)17-14-11-7-4-8-12-14/h3-12,15H,1-2H3. The lowest BCUT2D eigenvalue weighted by molar-refractivity contribution is 1.30. The molecule has 19 heavy (non-hydrogen) atoms. The van der Waals surface area contributed by atoms with Gasteiger partial charge >= 0.3 is 0 Å². The Morgan fingerprint density at radius 2 is 1.47 bits per heavy atom. The lowest BCUT2D eigenvalue weighted by atomic mass is 10.1. The predicted octanol–water partition coefficient (Wildman–Crippen LogP) is 5.18. The summed E-state index contributed by atoms with van der Waals surface area (Å²) < 4.78 is 0. The fraction of sp³-hybridized carbons (Fsp3) is 0.188. The molecule has 0 saturated carbocycles. The molecule has 0 aromatic heterocycles. The Labute approximate surface area is 123 Å². The van der Waals surface area contributed by atoms with Gasteiger partial charge in [0.1, 0.15) is 0 Å². The van der Waals surface area contributed by atoms with Gasteiger partial charge in [-0.2, -0.15) is 11.8 Å². The van der Waals surface area contributed by atoms with E-state index in [-0.39, 0.29) is 0 Å². The second-order valence-corrected chi connectivity index (χ2v) is 5.79. The molecule has 0 amide bonds. The zero-order chi connectivity index (χ0) is 13.5. The molecule has 98 valence electrons. The zero-order valence-electron chi connectivity index (χ0n) is 11.1. The molecule has 0 saturated heterocycles. The van der Waals surface area contributed by atoms with E-state index in [0.717, 1.165) is 10.7 Å². The second-order valence-electron chi connectivity index (χ2n) is 4.02. The van der Waals surface area contributed by atoms with E-state index in [1.807, 2.05) is 48.2 Å². The van der Waals surface area contributed by atoms with E-state index in [2.05, 4.69) is 36.8 Å². The van der Waals surface area contributed by atoms with Crippen LogP contribution in [0.2, 0.25) is 0 Å². The number of aliphatic imine (C=N–C) groups is 1. The number of thioether (sulfide) groups is 2. The van der Waals surface area contributed by atoms with Gasteiger partial charge in [0, 0.05) is 0 Å². The van der Waals surface area contributed by atoms with Crippen molar-refractivity contribution in [1.29, 1.82) is 0 Å². The lowest BCUT2D eigenvalue weighted by Crippen LogP contribution is -2.04. The van der Waals surface area contributed by atoms with Crippen LogP contribution in [0.15, 0.2) is 65.7 Å². The Bertz CT molecular complexity index is 523. The van der Waals surface area contributed by atoms with E-state index in [1.165, 1.54) is 5.56 Å². The first-order valence-electron chi connectivity index (χ1n) is 6.10. The van der Waals surface area contributed by atoms with Gasteiger partial charge in [-0.15, -0.1) is 11.8 Å². The summed E-state index contributed by atoms with van der Waals surface area (Å²) in [5, 5.41) is 1.45. The summed E-state index contributed by atoms with van der Waals surface area (Å²) in [5.41, 5.74) is 2.32. The Morgan fingerprint density at radius 3 is 2.00 bits per heavy atom. The van der Waals surface area contributed by atoms with Crippen molar-refractivity contribution < 1.29 is 0 Å². The van der Waals surface area contributed by atoms with E-state index in [4.69, 9.17) is 4.99 Å². The van der Waals surface area contributed by atoms with Gasteiger partial charge in [-0.3, -0.25) is 0 Å². The highest BCUT2D eigenvalue weighted by molar-refractivity contribution is 8.15. The Balaban J connectivity index is 2.32. The van der Waals surface area contributed by atoms with Gasteiger partial charge in [0.15, 0.2) is 0 Å². The van der Waals surface area contributed by atoms with E-state index >= 15 is 0 Å². The smallest absolute Gasteiger partial charge is 0.0910 e. The maximum atomic E-state index is 4.78. The molecular weight excluding hydrogens is 270 g/mol. The second kappa shape index (κ2) is 7.41. The Kier molecular flexibility index (Phi) is 5.55. The summed E-state index contributed by atoms with van der Waals surface area (Å²) in [6, 6.07) is 20.7. The van der Waals surface area contributed by atoms with Gasteiger partial charge < -0.3 is 0 Å². The van der Waals surface area contributed by atoms with E-state index in [9.17, 15) is 0 Å². The summed E-state index contributed by atoms with van der Waals surface area (Å²) in [6.07, 6.45) is 4.22. The number of hydrogen-bond acceptors (Lipinski definition) is 3. The van der Waals surface area contributed by atoms with Crippen LogP contribution in [0.25, 0.3) is 0 Å². The van der Waals surface area contributed by atoms with Gasteiger partial charge in [-0.25, -0.2) is 4.99 Å². The molecule has 0 aliphatic carbocycles. The molecule has 1 atom stereocenters. The van der Waals surface area contributed by atoms with Crippen LogP contribution in [0.5, 0.6) is 0 Å². The third-order valence-corrected chi connectivity index (χ3v) is 4.63. The fourth-order valence-electron chi connectivity index (χ4n) is 1.85. The highest BCUT2D eigenvalue weighted by Crippen LogP contribution is 2.33. The molecule has 0 aliphatic heterocycles. The first-order valence-corrected chi connectivity index (χ1v) is 8.61. The van der Waals surface area contributed by atoms with Gasteiger partial charge in [-0.05, 0) is 30.2 Å². The topological polar surface area (TPSA) is 12.4 Å². The van der Waals surface area contributed by atoms with Crippen molar-refractivity contribution in [3.8, 4) is 0 Å². The molecule has 0 fully saturated rings. The van der Waals surface area contributed by atoms with Crippen molar-refractivity contribution >= 4 is 34.3 Å². The van der Waals surface area contributed by atoms with Crippen molar-refractivity contribution in [2.75, 3.05) is 12.5 Å². The van der Waals surface area contributed by atoms with Crippen LogP contribution in [0.1, 0.15) is 10.8 Å². The summed E-state index contributed by atoms with van der Waals surface area (Å²) in [6.45, 7) is 0. The van der Waals surface area contributed by atoms with Gasteiger partial charge in [0.05, 0.1) is 16.0 Å². The molecule has 0 N–H and O–H groups in total. The molecule has 0 heterocycles. The molecule has 3 heteroatoms. The van der Waals surface area contributed by atoms with Crippen LogP contribution in [0.4, 0.5) is 5.69 Å². The van der Waals surface area contributed by atoms with Crippen LogP contribution >= 0.6 is 23.5 Å². The molecular formula is C16H17NS2. The largest absolute Gasteiger partial charge is 0.245 e. The van der Waals surface area contributed by atoms with Crippen LogP contribution in [0.3, 0.4) is 0 Å². The molecule has 2 aromatic rings. The first kappa shape index (κ1) is 14.2. The number of hydrogen-bond donors (Lipinski definition) is 0. The summed E-state index contributed by atoms with van der Waals surface area (Å²) in [7, 11) is 0. The lowest BCUT2D eigenvalue weighted by Gasteiger charge is -2.16. The predicted molar refractivity (Wildman–Crippen MR) is 89.8 cm³/mol. The molecule has 0 radical (unpaired) electrons. The Morgan fingerprint density at radius 1 is 0.895 bits per heavy atom. The van der Waals surface area contributed by atoms with Crippen LogP contribution in [-0.4, -0.2) is 17.6 Å². The third-order valence-electron chi connectivity index (χ3n) is 2.77. The zero-order valence-corrected chi connectivity index (χ0v) is 12.7. The molecule has 1 nitrogen and oxygen atoms in total. The number of para-hydroxylation sites is 1. The summed E-state index contributed by atoms with van der Waals surface area (Å²) in [4.78, 5) is 4.78. The van der Waals surface area contributed by atoms with Crippen molar-refractivity contribution in [2.45, 2.75) is 5.25 Å². The van der Waals surface area contributed by atoms with E-state index in [0.29, 0.717) is 5.25 Å². The van der Waals surface area contributed by atoms with Crippen molar-refractivity contribution in [2.24, 2.45) is 4.99 Å². The SMILES string of the molecule is CSC(=Nc1ccccc1)C(SC)c1ccccc1. The maximum absolute atomic E-state index is 4.78. The number of nitrogens with zero attached hydrogens (tertiary/aromatic N) is 1. The Hall–Kier alpha value is -1.19. The number of rotatable bonds is 4. The minimum Gasteiger partial charge on any atom is -0.245 e. The van der Waals surface area contributed by atoms with Crippen LogP contribution in [0, 0.1) is 0 Å². The molecule has 0 bridgehead atoms. The van der Waals surface area contributed by atoms with E-state index in [1.54, 1.807) is 11.8 Å². The summed E-state index contributed by atoms with van der Waals surface area (Å²) in [5.74, 6) is 0. The molecule has 1 unspecified atom stereocenters. The minimum absolute atomic E-state index is 0.302. The summed E-state index contributed by atoms with van der Waals surface area (Å²) >= 11 is 3.54. The molecule has 2 rings (SSSR count). The van der Waals surface area contributed by atoms with E-state index < -0.39 is 0 Å². The van der Waals surface area contributed by atoms with Crippen molar-refractivity contribution in [3.63, 3.8) is 0 Å². The third kappa shape index (κ3) is 3.88. The first-order chi connectivity index (χ1) is 9.35. The average molecular weight is 287 g/mol. The highest BCUT2D eigenvalue weighted by atomic mass is 32.2. The van der Waals surface area contributed by atoms with Gasteiger partial charge in [0.25, 0.3) is 0 Å². The average Bonchev–Trinajstić information content (AvgIpc) is 2.49. The monoisotopic (exact) mass is 287 g/mol.